The molecule has 100 valence electrons. The summed E-state index contributed by atoms with van der Waals surface area (Å²) in [7, 11) is 0. The van der Waals surface area contributed by atoms with Gasteiger partial charge in [-0.1, -0.05) is 0 Å². The maximum atomic E-state index is 12.1. The highest BCUT2D eigenvalue weighted by molar-refractivity contribution is 5.80. The van der Waals surface area contributed by atoms with Gasteiger partial charge in [0.2, 0.25) is 0 Å². The van der Waals surface area contributed by atoms with E-state index < -0.39 is 38.1 Å². The van der Waals surface area contributed by atoms with Crippen LogP contribution in [0.4, 0.5) is 13.6 Å². The van der Waals surface area contributed by atoms with Gasteiger partial charge in [0.15, 0.2) is 0 Å². The number of nitrogens with one attached hydrogen (secondary N) is 1. The van der Waals surface area contributed by atoms with E-state index in [4.69, 9.17) is 5.11 Å². The maximum absolute atomic E-state index is 12.1. The first kappa shape index (κ1) is 15.6. The van der Waals surface area contributed by atoms with E-state index in [1.807, 2.05) is 0 Å². The number of hydrogen-bond donors (Lipinski definition) is 2. The summed E-state index contributed by atoms with van der Waals surface area (Å²) in [4.78, 5) is 23.0. The van der Waals surface area contributed by atoms with Crippen LogP contribution in [0, 0.1) is 0 Å². The molecule has 0 saturated carbocycles. The van der Waals surface area contributed by atoms with Crippen LogP contribution in [-0.4, -0.2) is 61.3 Å². The summed E-state index contributed by atoms with van der Waals surface area (Å²) in [5, 5.41) is 10.7. The van der Waals surface area contributed by atoms with Gasteiger partial charge in [-0.15, -0.1) is 0 Å². The predicted octanol–water partition coefficient (Wildman–Crippen LogP) is -0.182. The van der Waals surface area contributed by atoms with Crippen molar-refractivity contribution in [2.24, 2.45) is 0 Å². The van der Waals surface area contributed by atoms with Crippen LogP contribution in [0.3, 0.4) is 0 Å². The highest BCUT2D eigenvalue weighted by Crippen LogP contribution is 1.98. The van der Waals surface area contributed by atoms with Crippen LogP contribution in [-0.2, 0) is 9.53 Å². The van der Waals surface area contributed by atoms with Crippen LogP contribution < -0.4 is 5.32 Å². The Morgan fingerprint density at radius 1 is 1.47 bits per heavy atom. The zero-order valence-corrected chi connectivity index (χ0v) is 9.49. The quantitative estimate of drug-likeness (QED) is 0.618. The molecular formula is C9H16F2N2O4. The van der Waals surface area contributed by atoms with Gasteiger partial charge in [-0.25, -0.2) is 13.6 Å². The minimum Gasteiger partial charge on any atom is -0.465 e. The monoisotopic (exact) mass is 254 g/mol. The van der Waals surface area contributed by atoms with Crippen LogP contribution in [0.2, 0.25) is 0 Å². The van der Waals surface area contributed by atoms with Crippen molar-refractivity contribution in [3.8, 4) is 0 Å². The van der Waals surface area contributed by atoms with Crippen LogP contribution in [0.15, 0.2) is 0 Å². The first-order valence-electron chi connectivity index (χ1n) is 5.08. The molecule has 0 spiro atoms. The summed E-state index contributed by atoms with van der Waals surface area (Å²) in [5.74, 6) is -0.651. The van der Waals surface area contributed by atoms with Crippen molar-refractivity contribution in [2.75, 3.05) is 32.8 Å². The third-order valence-electron chi connectivity index (χ3n) is 1.70. The van der Waals surface area contributed by atoms with Gasteiger partial charge in [0.05, 0.1) is 19.8 Å². The highest BCUT2D eigenvalue weighted by Gasteiger charge is 2.18. The summed E-state index contributed by atoms with van der Waals surface area (Å²) in [6.07, 6.45) is -2.70. The molecule has 17 heavy (non-hydrogen) atoms. The van der Waals surface area contributed by atoms with Crippen LogP contribution >= 0.6 is 0 Å². The van der Waals surface area contributed by atoms with Crippen molar-refractivity contribution in [1.29, 1.82) is 0 Å². The molecule has 0 atom stereocenters. The molecule has 0 fully saturated rings. The molecule has 0 aromatic rings. The summed E-state index contributed by atoms with van der Waals surface area (Å²) >= 11 is 0. The number of hydrogen-bond acceptors (Lipinski definition) is 4. The number of urea groups is 1. The lowest BCUT2D eigenvalue weighted by Gasteiger charge is -2.21. The molecular weight excluding hydrogens is 238 g/mol. The van der Waals surface area contributed by atoms with Gasteiger partial charge in [-0.3, -0.25) is 4.79 Å². The zero-order valence-electron chi connectivity index (χ0n) is 9.49. The largest absolute Gasteiger partial charge is 0.465 e. The third kappa shape index (κ3) is 7.45. The molecule has 0 aliphatic heterocycles. The van der Waals surface area contributed by atoms with Crippen molar-refractivity contribution in [3.63, 3.8) is 0 Å². The van der Waals surface area contributed by atoms with E-state index in [-0.39, 0.29) is 13.2 Å². The summed E-state index contributed by atoms with van der Waals surface area (Å²) in [6.45, 7) is -0.0632. The van der Waals surface area contributed by atoms with Crippen molar-refractivity contribution in [1.82, 2.24) is 10.2 Å². The molecule has 0 aromatic heterocycles. The number of nitrogens with zero attached hydrogens (tertiary/aromatic N) is 1. The number of carbonyl (C=O) groups excluding carboxylic acids is 2. The minimum atomic E-state index is -2.70. The van der Waals surface area contributed by atoms with Crippen molar-refractivity contribution in [3.05, 3.63) is 0 Å². The summed E-state index contributed by atoms with van der Waals surface area (Å²) in [6, 6.07) is -0.840. The molecule has 0 radical (unpaired) electrons. The van der Waals surface area contributed by atoms with E-state index in [2.05, 4.69) is 10.1 Å². The minimum absolute atomic E-state index is 0.173. The Labute approximate surface area is 97.5 Å². The zero-order chi connectivity index (χ0) is 13.3. The number of esters is 1. The number of rotatable bonds is 7. The Balaban J connectivity index is 4.09. The number of halogens is 2. The fraction of sp³-hybridized carbons (Fsp3) is 0.778. The molecule has 0 aromatic carbocycles. The van der Waals surface area contributed by atoms with Gasteiger partial charge in [0, 0.05) is 6.54 Å². The first-order chi connectivity index (χ1) is 8.01. The third-order valence-corrected chi connectivity index (χ3v) is 1.70. The second-order valence-electron chi connectivity index (χ2n) is 3.02. The first-order valence-corrected chi connectivity index (χ1v) is 5.08. The SMILES string of the molecule is CCOC(=O)CNC(=O)N(CCO)CC(F)F. The molecule has 0 aliphatic carbocycles. The smallest absolute Gasteiger partial charge is 0.325 e. The lowest BCUT2D eigenvalue weighted by Crippen LogP contribution is -2.45. The molecule has 6 nitrogen and oxygen atoms in total. The number of ether oxygens (including phenoxy) is 1. The van der Waals surface area contributed by atoms with Gasteiger partial charge in [0.25, 0.3) is 6.43 Å². The molecule has 0 saturated heterocycles. The Morgan fingerprint density at radius 2 is 2.12 bits per heavy atom. The fourth-order valence-corrected chi connectivity index (χ4v) is 1.03. The molecule has 0 bridgehead atoms. The molecule has 2 amide bonds. The molecule has 0 aliphatic rings. The Hall–Kier alpha value is -1.44. The highest BCUT2D eigenvalue weighted by atomic mass is 19.3. The Morgan fingerprint density at radius 3 is 2.59 bits per heavy atom. The van der Waals surface area contributed by atoms with E-state index >= 15 is 0 Å². The standard InChI is InChI=1S/C9H16F2N2O4/c1-2-17-8(15)5-12-9(16)13(3-4-14)6-7(10)11/h7,14H,2-6H2,1H3,(H,12,16). The van der Waals surface area contributed by atoms with Gasteiger partial charge >= 0.3 is 12.0 Å². The van der Waals surface area contributed by atoms with E-state index in [1.165, 1.54) is 0 Å². The van der Waals surface area contributed by atoms with Gasteiger partial charge in [0.1, 0.15) is 6.54 Å². The van der Waals surface area contributed by atoms with Gasteiger partial charge < -0.3 is 20.1 Å². The predicted molar refractivity (Wildman–Crippen MR) is 54.7 cm³/mol. The average molecular weight is 254 g/mol. The lowest BCUT2D eigenvalue weighted by atomic mass is 10.5. The fourth-order valence-electron chi connectivity index (χ4n) is 1.03. The number of aliphatic hydroxyl groups excluding tert-OH is 1. The lowest BCUT2D eigenvalue weighted by molar-refractivity contribution is -0.141. The van der Waals surface area contributed by atoms with E-state index in [0.29, 0.717) is 0 Å². The molecule has 2 N–H and O–H groups in total. The molecule has 0 heterocycles. The van der Waals surface area contributed by atoms with Crippen LogP contribution in [0.1, 0.15) is 6.92 Å². The number of alkyl halides is 2. The van der Waals surface area contributed by atoms with Crippen molar-refractivity contribution >= 4 is 12.0 Å². The molecule has 0 unspecified atom stereocenters. The van der Waals surface area contributed by atoms with E-state index in [9.17, 15) is 18.4 Å². The summed E-state index contributed by atoms with van der Waals surface area (Å²) in [5.41, 5.74) is 0. The second kappa shape index (κ2) is 8.68. The van der Waals surface area contributed by atoms with Crippen molar-refractivity contribution in [2.45, 2.75) is 13.3 Å². The Bertz CT molecular complexity index is 251. The maximum Gasteiger partial charge on any atom is 0.325 e. The normalized spacial score (nSPS) is 10.2. The Kier molecular flexibility index (Phi) is 7.95. The van der Waals surface area contributed by atoms with E-state index in [1.54, 1.807) is 6.92 Å². The number of aliphatic hydroxyl groups is 1. The van der Waals surface area contributed by atoms with Gasteiger partial charge in [-0.2, -0.15) is 0 Å². The second-order valence-corrected chi connectivity index (χ2v) is 3.02. The molecule has 0 rings (SSSR count). The summed E-state index contributed by atoms with van der Waals surface area (Å²) < 4.78 is 28.7. The van der Waals surface area contributed by atoms with Crippen LogP contribution in [0.5, 0.6) is 0 Å². The van der Waals surface area contributed by atoms with Crippen LogP contribution in [0.25, 0.3) is 0 Å². The van der Waals surface area contributed by atoms with E-state index in [0.717, 1.165) is 4.90 Å². The van der Waals surface area contributed by atoms with Crippen molar-refractivity contribution < 1.29 is 28.2 Å². The topological polar surface area (TPSA) is 78.9 Å². The van der Waals surface area contributed by atoms with Gasteiger partial charge in [-0.05, 0) is 6.92 Å². The number of carbonyl (C=O) groups is 2. The molecule has 8 heteroatoms. The number of amides is 2. The average Bonchev–Trinajstić information content (AvgIpc) is 2.25.